The number of nitrogens with two attached hydrogens (primary N) is 1. The summed E-state index contributed by atoms with van der Waals surface area (Å²) >= 11 is 2.04. The molecule has 0 aliphatic carbocycles. The Balaban J connectivity index is 2.25. The maximum Gasteiger partial charge on any atom is 0.129 e. The second-order valence-corrected chi connectivity index (χ2v) is 5.89. The first-order valence-corrected chi connectivity index (χ1v) is 6.75. The zero-order valence-electron chi connectivity index (χ0n) is 10.1. The SMILES string of the molecule is Cc1cc(N2CCSC(C)C2C)ncc1N. The summed E-state index contributed by atoms with van der Waals surface area (Å²) in [5.41, 5.74) is 7.68. The molecule has 0 spiro atoms. The lowest BCUT2D eigenvalue weighted by Gasteiger charge is -2.38. The van der Waals surface area contributed by atoms with E-state index in [0.717, 1.165) is 23.6 Å². The Kier molecular flexibility index (Phi) is 3.28. The van der Waals surface area contributed by atoms with Gasteiger partial charge in [-0.2, -0.15) is 11.8 Å². The molecule has 2 unspecified atom stereocenters. The number of anilines is 2. The maximum absolute atomic E-state index is 5.80. The average molecular weight is 237 g/mol. The number of aryl methyl sites for hydroxylation is 1. The molecular weight excluding hydrogens is 218 g/mol. The van der Waals surface area contributed by atoms with Crippen LogP contribution >= 0.6 is 11.8 Å². The van der Waals surface area contributed by atoms with Crippen LogP contribution in [0.15, 0.2) is 12.3 Å². The van der Waals surface area contributed by atoms with E-state index in [-0.39, 0.29) is 0 Å². The molecule has 2 atom stereocenters. The summed E-state index contributed by atoms with van der Waals surface area (Å²) in [5, 5.41) is 0.661. The standard InChI is InChI=1S/C12H19N3S/c1-8-6-12(14-7-11(8)13)15-4-5-16-10(3)9(15)2/h6-7,9-10H,4-5,13H2,1-3H3. The van der Waals surface area contributed by atoms with E-state index in [9.17, 15) is 0 Å². The summed E-state index contributed by atoms with van der Waals surface area (Å²) in [6.07, 6.45) is 1.77. The van der Waals surface area contributed by atoms with Crippen molar-refractivity contribution in [1.29, 1.82) is 0 Å². The van der Waals surface area contributed by atoms with Crippen molar-refractivity contribution in [3.8, 4) is 0 Å². The van der Waals surface area contributed by atoms with Gasteiger partial charge < -0.3 is 10.6 Å². The van der Waals surface area contributed by atoms with Gasteiger partial charge in [-0.1, -0.05) is 6.92 Å². The Bertz CT molecular complexity index is 381. The van der Waals surface area contributed by atoms with Crippen molar-refractivity contribution in [3.05, 3.63) is 17.8 Å². The molecule has 1 aliphatic heterocycles. The summed E-state index contributed by atoms with van der Waals surface area (Å²) in [6.45, 7) is 7.66. The van der Waals surface area contributed by atoms with Gasteiger partial charge in [-0.05, 0) is 25.5 Å². The van der Waals surface area contributed by atoms with E-state index in [1.54, 1.807) is 6.20 Å². The van der Waals surface area contributed by atoms with E-state index in [0.29, 0.717) is 11.3 Å². The van der Waals surface area contributed by atoms with Gasteiger partial charge in [-0.25, -0.2) is 4.98 Å². The Hall–Kier alpha value is -0.900. The molecule has 1 aliphatic rings. The topological polar surface area (TPSA) is 42.2 Å². The Morgan fingerprint density at radius 3 is 2.94 bits per heavy atom. The van der Waals surface area contributed by atoms with Crippen LogP contribution in [0.4, 0.5) is 11.5 Å². The molecule has 2 N–H and O–H groups in total. The first-order valence-electron chi connectivity index (χ1n) is 5.70. The molecule has 3 nitrogen and oxygen atoms in total. The number of aromatic nitrogens is 1. The molecule has 2 heterocycles. The van der Waals surface area contributed by atoms with Crippen LogP contribution in [0.1, 0.15) is 19.4 Å². The van der Waals surface area contributed by atoms with E-state index in [1.807, 2.05) is 18.7 Å². The van der Waals surface area contributed by atoms with Gasteiger partial charge in [-0.15, -0.1) is 0 Å². The predicted octanol–water partition coefficient (Wildman–Crippen LogP) is 2.30. The van der Waals surface area contributed by atoms with Crippen LogP contribution in [0, 0.1) is 6.92 Å². The normalized spacial score (nSPS) is 25.8. The molecule has 88 valence electrons. The van der Waals surface area contributed by atoms with Crippen molar-refractivity contribution in [3.63, 3.8) is 0 Å². The van der Waals surface area contributed by atoms with Crippen LogP contribution in [0.3, 0.4) is 0 Å². The monoisotopic (exact) mass is 237 g/mol. The second kappa shape index (κ2) is 4.53. The van der Waals surface area contributed by atoms with Gasteiger partial charge in [0.1, 0.15) is 5.82 Å². The first-order chi connectivity index (χ1) is 7.59. The molecule has 1 saturated heterocycles. The van der Waals surface area contributed by atoms with E-state index in [1.165, 1.54) is 5.75 Å². The first kappa shape index (κ1) is 11.6. The fraction of sp³-hybridized carbons (Fsp3) is 0.583. The van der Waals surface area contributed by atoms with E-state index in [2.05, 4.69) is 29.8 Å². The van der Waals surface area contributed by atoms with E-state index < -0.39 is 0 Å². The lowest BCUT2D eigenvalue weighted by molar-refractivity contribution is 0.620. The van der Waals surface area contributed by atoms with Crippen molar-refractivity contribution in [2.45, 2.75) is 32.1 Å². The van der Waals surface area contributed by atoms with Crippen LogP contribution in [-0.2, 0) is 0 Å². The molecular formula is C12H19N3S. The molecule has 16 heavy (non-hydrogen) atoms. The molecule has 1 fully saturated rings. The fourth-order valence-electron chi connectivity index (χ4n) is 1.97. The van der Waals surface area contributed by atoms with Crippen LogP contribution in [-0.4, -0.2) is 28.6 Å². The number of hydrogen-bond donors (Lipinski definition) is 1. The third kappa shape index (κ3) is 2.12. The summed E-state index contributed by atoms with van der Waals surface area (Å²) in [5.74, 6) is 2.24. The molecule has 0 aromatic carbocycles. The number of thioether (sulfide) groups is 1. The molecule has 0 amide bonds. The van der Waals surface area contributed by atoms with Gasteiger partial charge in [0.2, 0.25) is 0 Å². The van der Waals surface area contributed by atoms with Crippen molar-refractivity contribution in [2.24, 2.45) is 0 Å². The third-order valence-electron chi connectivity index (χ3n) is 3.32. The van der Waals surface area contributed by atoms with Crippen LogP contribution in [0.25, 0.3) is 0 Å². The summed E-state index contributed by atoms with van der Waals surface area (Å²) < 4.78 is 0. The highest BCUT2D eigenvalue weighted by molar-refractivity contribution is 8.00. The molecule has 0 saturated carbocycles. The Morgan fingerprint density at radius 2 is 2.25 bits per heavy atom. The zero-order chi connectivity index (χ0) is 11.7. The third-order valence-corrected chi connectivity index (χ3v) is 4.65. The number of rotatable bonds is 1. The Labute approximate surface area is 101 Å². The molecule has 2 rings (SSSR count). The van der Waals surface area contributed by atoms with Crippen molar-refractivity contribution < 1.29 is 0 Å². The van der Waals surface area contributed by atoms with Crippen molar-refractivity contribution >= 4 is 23.3 Å². The fourth-order valence-corrected chi connectivity index (χ4v) is 3.06. The Morgan fingerprint density at radius 1 is 1.50 bits per heavy atom. The summed E-state index contributed by atoms with van der Waals surface area (Å²) in [6, 6.07) is 2.63. The highest BCUT2D eigenvalue weighted by Crippen LogP contribution is 2.28. The van der Waals surface area contributed by atoms with Gasteiger partial charge in [0, 0.05) is 23.6 Å². The van der Waals surface area contributed by atoms with Crippen LogP contribution in [0.2, 0.25) is 0 Å². The van der Waals surface area contributed by atoms with Gasteiger partial charge in [0.25, 0.3) is 0 Å². The van der Waals surface area contributed by atoms with Gasteiger partial charge >= 0.3 is 0 Å². The van der Waals surface area contributed by atoms with Crippen LogP contribution < -0.4 is 10.6 Å². The van der Waals surface area contributed by atoms with Crippen molar-refractivity contribution in [2.75, 3.05) is 22.9 Å². The number of hydrogen-bond acceptors (Lipinski definition) is 4. The van der Waals surface area contributed by atoms with Gasteiger partial charge in [0.05, 0.1) is 11.9 Å². The molecule has 1 aromatic heterocycles. The molecule has 0 bridgehead atoms. The lowest BCUT2D eigenvalue weighted by Crippen LogP contribution is -2.45. The highest BCUT2D eigenvalue weighted by Gasteiger charge is 2.26. The van der Waals surface area contributed by atoms with Gasteiger partial charge in [-0.3, -0.25) is 0 Å². The maximum atomic E-state index is 5.80. The van der Waals surface area contributed by atoms with E-state index >= 15 is 0 Å². The number of nitrogens with zero attached hydrogens (tertiary/aromatic N) is 2. The predicted molar refractivity (Wildman–Crippen MR) is 72.1 cm³/mol. The smallest absolute Gasteiger partial charge is 0.129 e. The minimum absolute atomic E-state index is 0.536. The quantitative estimate of drug-likeness (QED) is 0.814. The largest absolute Gasteiger partial charge is 0.397 e. The zero-order valence-corrected chi connectivity index (χ0v) is 10.9. The van der Waals surface area contributed by atoms with Crippen LogP contribution in [0.5, 0.6) is 0 Å². The number of nitrogen functional groups attached to an aromatic ring is 1. The lowest BCUT2D eigenvalue weighted by atomic mass is 10.2. The minimum Gasteiger partial charge on any atom is -0.397 e. The molecule has 1 aromatic rings. The van der Waals surface area contributed by atoms with E-state index in [4.69, 9.17) is 5.73 Å². The average Bonchev–Trinajstić information content (AvgIpc) is 2.26. The molecule has 4 heteroatoms. The number of pyridine rings is 1. The second-order valence-electron chi connectivity index (χ2n) is 4.41. The highest BCUT2D eigenvalue weighted by atomic mass is 32.2. The summed E-state index contributed by atoms with van der Waals surface area (Å²) in [7, 11) is 0. The minimum atomic E-state index is 0.536. The molecule has 0 radical (unpaired) electrons. The summed E-state index contributed by atoms with van der Waals surface area (Å²) in [4.78, 5) is 6.82. The van der Waals surface area contributed by atoms with Crippen molar-refractivity contribution in [1.82, 2.24) is 4.98 Å². The van der Waals surface area contributed by atoms with Gasteiger partial charge in [0.15, 0.2) is 0 Å².